The second kappa shape index (κ2) is 10.9. The second-order valence-electron chi connectivity index (χ2n) is 11.1. The summed E-state index contributed by atoms with van der Waals surface area (Å²) in [7, 11) is 1.67. The molecule has 4 rings (SSSR count). The number of aliphatic hydroxyl groups is 1. The number of ether oxygens (including phenoxy) is 1. The molecule has 0 bridgehead atoms. The Bertz CT molecular complexity index is 929. The third-order valence-corrected chi connectivity index (χ3v) is 6.91. The predicted octanol–water partition coefficient (Wildman–Crippen LogP) is 5.17. The van der Waals surface area contributed by atoms with Crippen molar-refractivity contribution in [3.8, 4) is 5.75 Å². The third-order valence-electron chi connectivity index (χ3n) is 6.91. The van der Waals surface area contributed by atoms with Crippen LogP contribution in [0.1, 0.15) is 70.8 Å². The molecule has 0 radical (unpaired) electrons. The summed E-state index contributed by atoms with van der Waals surface area (Å²) in [5.41, 5.74) is 2.44. The highest BCUT2D eigenvalue weighted by Crippen LogP contribution is 2.35. The number of likely N-dealkylation sites (tertiary alicyclic amines) is 1. The molecule has 2 aromatic rings. The number of methoxy groups -OCH3 is 1. The van der Waals surface area contributed by atoms with E-state index >= 15 is 0 Å². The predicted molar refractivity (Wildman–Crippen MR) is 138 cm³/mol. The fourth-order valence-electron chi connectivity index (χ4n) is 5.18. The van der Waals surface area contributed by atoms with E-state index in [1.807, 2.05) is 30.5 Å². The van der Waals surface area contributed by atoms with Crippen LogP contribution in [0.5, 0.6) is 5.75 Å². The van der Waals surface area contributed by atoms with Crippen molar-refractivity contribution in [1.29, 1.82) is 0 Å². The maximum atomic E-state index is 9.93. The molecule has 1 aromatic heterocycles. The highest BCUT2D eigenvalue weighted by atomic mass is 16.5. The zero-order chi connectivity index (χ0) is 24.1. The van der Waals surface area contributed by atoms with Gasteiger partial charge in [0.05, 0.1) is 13.2 Å². The average Bonchev–Trinajstić information content (AvgIpc) is 2.81. The van der Waals surface area contributed by atoms with E-state index in [0.717, 1.165) is 75.4 Å². The van der Waals surface area contributed by atoms with Gasteiger partial charge in [-0.15, -0.1) is 0 Å². The molecule has 0 unspecified atom stereocenters. The number of hydrogen-bond acceptors (Lipinski definition) is 7. The van der Waals surface area contributed by atoms with Gasteiger partial charge in [-0.2, -0.15) is 4.98 Å². The van der Waals surface area contributed by atoms with Gasteiger partial charge in [0.1, 0.15) is 11.6 Å². The summed E-state index contributed by atoms with van der Waals surface area (Å²) in [6, 6.07) is 8.14. The lowest BCUT2D eigenvalue weighted by atomic mass is 9.88. The Hall–Kier alpha value is -2.38. The Morgan fingerprint density at radius 2 is 1.82 bits per heavy atom. The summed E-state index contributed by atoms with van der Waals surface area (Å²) in [5.74, 6) is 2.78. The molecule has 2 fully saturated rings. The lowest BCUT2D eigenvalue weighted by Gasteiger charge is -2.36. The van der Waals surface area contributed by atoms with E-state index in [9.17, 15) is 5.11 Å². The number of aliphatic hydroxyl groups excluding tert-OH is 1. The lowest BCUT2D eigenvalue weighted by molar-refractivity contribution is 0.126. The minimum Gasteiger partial charge on any atom is -0.497 e. The Morgan fingerprint density at radius 1 is 1.09 bits per heavy atom. The molecule has 7 heteroatoms. The van der Waals surface area contributed by atoms with Crippen LogP contribution in [0.2, 0.25) is 0 Å². The van der Waals surface area contributed by atoms with Gasteiger partial charge in [-0.1, -0.05) is 26.8 Å². The van der Waals surface area contributed by atoms with Crippen LogP contribution in [0.4, 0.5) is 17.5 Å². The maximum Gasteiger partial charge on any atom is 0.229 e. The molecule has 0 atom stereocenters. The van der Waals surface area contributed by atoms with Gasteiger partial charge in [0.2, 0.25) is 5.95 Å². The quantitative estimate of drug-likeness (QED) is 0.518. The highest BCUT2D eigenvalue weighted by molar-refractivity contribution is 5.58. The Labute approximate surface area is 204 Å². The fourth-order valence-corrected chi connectivity index (χ4v) is 5.18. The van der Waals surface area contributed by atoms with Gasteiger partial charge in [0.15, 0.2) is 0 Å². The SMILES string of the molecule is COc1cccc(Nc2ncc(C3CCN(CC(C)(C)C)CC3)c(NC3CCC(O)CC3)n2)c1. The summed E-state index contributed by atoms with van der Waals surface area (Å²) < 4.78 is 5.35. The number of piperidine rings is 1. The Kier molecular flexibility index (Phi) is 7.94. The molecule has 34 heavy (non-hydrogen) atoms. The molecule has 2 aliphatic rings. The molecule has 1 aromatic carbocycles. The summed E-state index contributed by atoms with van der Waals surface area (Å²) in [5, 5.41) is 17.0. The Balaban J connectivity index is 1.51. The molecular weight excluding hydrogens is 426 g/mol. The number of nitrogens with zero attached hydrogens (tertiary/aromatic N) is 3. The lowest BCUT2D eigenvalue weighted by Crippen LogP contribution is -2.38. The maximum absolute atomic E-state index is 9.93. The van der Waals surface area contributed by atoms with E-state index in [1.54, 1.807) is 7.11 Å². The van der Waals surface area contributed by atoms with Crippen molar-refractivity contribution >= 4 is 17.5 Å². The minimum absolute atomic E-state index is 0.166. The number of aromatic nitrogens is 2. The van der Waals surface area contributed by atoms with Gasteiger partial charge in [-0.3, -0.25) is 0 Å². The first kappa shape index (κ1) is 24.7. The van der Waals surface area contributed by atoms with Gasteiger partial charge in [0, 0.05) is 36.1 Å². The molecule has 1 aliphatic heterocycles. The Morgan fingerprint density at radius 3 is 2.50 bits per heavy atom. The molecule has 3 N–H and O–H groups in total. The number of hydrogen-bond donors (Lipinski definition) is 3. The standard InChI is InChI=1S/C27H41N5O2/c1-27(2,3)18-32-14-12-19(13-15-32)24-17-28-26(30-21-6-5-7-23(16-21)34-4)31-25(24)29-20-8-10-22(33)11-9-20/h5-7,16-17,19-20,22,33H,8-15,18H2,1-4H3,(H2,28,29,30,31). The zero-order valence-corrected chi connectivity index (χ0v) is 21.2. The van der Waals surface area contributed by atoms with E-state index in [2.05, 4.69) is 36.3 Å². The van der Waals surface area contributed by atoms with E-state index in [4.69, 9.17) is 14.7 Å². The zero-order valence-electron chi connectivity index (χ0n) is 21.2. The summed E-state index contributed by atoms with van der Waals surface area (Å²) in [4.78, 5) is 12.2. The molecule has 0 spiro atoms. The smallest absolute Gasteiger partial charge is 0.229 e. The van der Waals surface area contributed by atoms with Crippen LogP contribution in [0.3, 0.4) is 0 Å². The highest BCUT2D eigenvalue weighted by Gasteiger charge is 2.28. The topological polar surface area (TPSA) is 82.5 Å². The molecular formula is C27H41N5O2. The monoisotopic (exact) mass is 467 g/mol. The summed E-state index contributed by atoms with van der Waals surface area (Å²) in [6.07, 6.45) is 7.72. The first-order valence-corrected chi connectivity index (χ1v) is 12.7. The van der Waals surface area contributed by atoms with Crippen LogP contribution in [0.25, 0.3) is 0 Å². The van der Waals surface area contributed by atoms with Crippen LogP contribution in [0.15, 0.2) is 30.5 Å². The van der Waals surface area contributed by atoms with Crippen LogP contribution in [-0.2, 0) is 0 Å². The van der Waals surface area contributed by atoms with Crippen LogP contribution in [0, 0.1) is 5.41 Å². The van der Waals surface area contributed by atoms with Crippen LogP contribution in [-0.4, -0.2) is 58.9 Å². The van der Waals surface area contributed by atoms with E-state index in [0.29, 0.717) is 23.3 Å². The van der Waals surface area contributed by atoms with Gasteiger partial charge >= 0.3 is 0 Å². The molecule has 0 amide bonds. The normalized spacial score (nSPS) is 22.4. The first-order chi connectivity index (χ1) is 16.3. The molecule has 7 nitrogen and oxygen atoms in total. The third kappa shape index (κ3) is 6.83. The molecule has 1 aliphatic carbocycles. The van der Waals surface area contributed by atoms with Crippen molar-refractivity contribution in [3.05, 3.63) is 36.0 Å². The largest absolute Gasteiger partial charge is 0.497 e. The van der Waals surface area contributed by atoms with E-state index in [-0.39, 0.29) is 6.10 Å². The van der Waals surface area contributed by atoms with Crippen molar-refractivity contribution in [1.82, 2.24) is 14.9 Å². The van der Waals surface area contributed by atoms with Crippen LogP contribution < -0.4 is 15.4 Å². The molecule has 1 saturated heterocycles. The summed E-state index contributed by atoms with van der Waals surface area (Å²) >= 11 is 0. The van der Waals surface area contributed by atoms with Crippen molar-refractivity contribution in [2.24, 2.45) is 5.41 Å². The second-order valence-corrected chi connectivity index (χ2v) is 11.1. The summed E-state index contributed by atoms with van der Waals surface area (Å²) in [6.45, 7) is 10.3. The first-order valence-electron chi connectivity index (χ1n) is 12.7. The number of nitrogens with one attached hydrogen (secondary N) is 2. The fraction of sp³-hybridized carbons (Fsp3) is 0.630. The van der Waals surface area contributed by atoms with Gasteiger partial charge < -0.3 is 25.4 Å². The minimum atomic E-state index is -0.166. The van der Waals surface area contributed by atoms with Gasteiger partial charge in [0.25, 0.3) is 0 Å². The molecule has 186 valence electrons. The number of anilines is 3. The van der Waals surface area contributed by atoms with Crippen molar-refractivity contribution in [2.45, 2.75) is 77.4 Å². The van der Waals surface area contributed by atoms with Crippen molar-refractivity contribution in [2.75, 3.05) is 37.4 Å². The van der Waals surface area contributed by atoms with Crippen molar-refractivity contribution in [3.63, 3.8) is 0 Å². The van der Waals surface area contributed by atoms with Gasteiger partial charge in [-0.05, 0) is 75.1 Å². The number of benzene rings is 1. The van der Waals surface area contributed by atoms with E-state index < -0.39 is 0 Å². The van der Waals surface area contributed by atoms with Crippen LogP contribution >= 0.6 is 0 Å². The molecule has 1 saturated carbocycles. The van der Waals surface area contributed by atoms with Crippen molar-refractivity contribution < 1.29 is 9.84 Å². The van der Waals surface area contributed by atoms with E-state index in [1.165, 1.54) is 5.56 Å². The molecule has 2 heterocycles. The average molecular weight is 468 g/mol. The number of rotatable bonds is 7. The van der Waals surface area contributed by atoms with Gasteiger partial charge in [-0.25, -0.2) is 4.98 Å².